The van der Waals surface area contributed by atoms with E-state index in [1.807, 2.05) is 0 Å². The van der Waals surface area contributed by atoms with Crippen molar-refractivity contribution >= 4 is 10.0 Å². The average Bonchev–Trinajstić information content (AvgIpc) is 3.24. The Labute approximate surface area is 124 Å². The predicted octanol–water partition coefficient (Wildman–Crippen LogP) is 1.66. The molecule has 1 fully saturated rings. The fourth-order valence-electron chi connectivity index (χ4n) is 2.10. The summed E-state index contributed by atoms with van der Waals surface area (Å²) in [5, 5.41) is 10.1. The maximum atomic E-state index is 13.7. The van der Waals surface area contributed by atoms with Crippen LogP contribution in [0, 0.1) is 11.7 Å². The van der Waals surface area contributed by atoms with E-state index in [2.05, 4.69) is 4.72 Å². The molecule has 0 spiro atoms. The molecule has 1 aliphatic rings. The van der Waals surface area contributed by atoms with Gasteiger partial charge in [-0.3, -0.25) is 0 Å². The Morgan fingerprint density at radius 1 is 1.48 bits per heavy atom. The first-order valence-corrected chi connectivity index (χ1v) is 8.39. The van der Waals surface area contributed by atoms with Gasteiger partial charge in [0.2, 0.25) is 10.0 Å². The third kappa shape index (κ3) is 3.93. The largest absolute Gasteiger partial charge is 0.491 e. The zero-order valence-electron chi connectivity index (χ0n) is 12.1. The average molecular weight is 317 g/mol. The highest BCUT2D eigenvalue weighted by Crippen LogP contribution is 2.39. The summed E-state index contributed by atoms with van der Waals surface area (Å²) in [5.74, 6) is -0.590. The minimum absolute atomic E-state index is 0.0152. The molecular formula is C14H20FNO4S. The van der Waals surface area contributed by atoms with E-state index in [4.69, 9.17) is 4.74 Å². The quantitative estimate of drug-likeness (QED) is 0.802. The number of hydrogen-bond acceptors (Lipinski definition) is 4. The summed E-state index contributed by atoms with van der Waals surface area (Å²) in [6.07, 6.45) is 1.79. The van der Waals surface area contributed by atoms with Crippen molar-refractivity contribution in [3.05, 3.63) is 24.0 Å². The van der Waals surface area contributed by atoms with E-state index in [0.717, 1.165) is 18.9 Å². The highest BCUT2D eigenvalue weighted by molar-refractivity contribution is 7.89. The Hall–Kier alpha value is -1.18. The van der Waals surface area contributed by atoms with Crippen LogP contribution in [0.3, 0.4) is 0 Å². The number of nitrogens with one attached hydrogen (secondary N) is 1. The van der Waals surface area contributed by atoms with E-state index in [0.29, 0.717) is 6.61 Å². The minimum atomic E-state index is -3.86. The number of aliphatic hydroxyl groups is 1. The highest BCUT2D eigenvalue weighted by atomic mass is 32.2. The van der Waals surface area contributed by atoms with Gasteiger partial charge in [0.15, 0.2) is 11.6 Å². The van der Waals surface area contributed by atoms with Gasteiger partial charge in [-0.2, -0.15) is 0 Å². The molecule has 1 aromatic rings. The number of halogens is 1. The van der Waals surface area contributed by atoms with Gasteiger partial charge in [0.25, 0.3) is 0 Å². The number of hydrogen-bond donors (Lipinski definition) is 2. The third-order valence-electron chi connectivity index (χ3n) is 3.59. The molecule has 0 heterocycles. The molecule has 1 atom stereocenters. The number of benzene rings is 1. The van der Waals surface area contributed by atoms with Crippen molar-refractivity contribution in [2.75, 3.05) is 13.2 Å². The van der Waals surface area contributed by atoms with Gasteiger partial charge in [-0.1, -0.05) is 0 Å². The van der Waals surface area contributed by atoms with Gasteiger partial charge in [-0.15, -0.1) is 0 Å². The summed E-state index contributed by atoms with van der Waals surface area (Å²) in [6.45, 7) is 3.53. The molecule has 1 aromatic carbocycles. The summed E-state index contributed by atoms with van der Waals surface area (Å²) in [6, 6.07) is 3.48. The Bertz CT molecular complexity index is 611. The van der Waals surface area contributed by atoms with Gasteiger partial charge in [0.05, 0.1) is 17.1 Å². The van der Waals surface area contributed by atoms with Crippen LogP contribution in [0.5, 0.6) is 5.75 Å². The molecule has 0 aromatic heterocycles. The van der Waals surface area contributed by atoms with Crippen LogP contribution in [-0.2, 0) is 10.0 Å². The zero-order chi connectivity index (χ0) is 15.7. The van der Waals surface area contributed by atoms with Crippen LogP contribution in [0.1, 0.15) is 26.7 Å². The monoisotopic (exact) mass is 317 g/mol. The third-order valence-corrected chi connectivity index (χ3v) is 4.99. The van der Waals surface area contributed by atoms with Crippen molar-refractivity contribution in [3.63, 3.8) is 0 Å². The van der Waals surface area contributed by atoms with E-state index < -0.39 is 21.4 Å². The lowest BCUT2D eigenvalue weighted by Gasteiger charge is -2.23. The normalized spacial score (nSPS) is 18.3. The molecule has 1 aliphatic carbocycles. The predicted molar refractivity (Wildman–Crippen MR) is 76.1 cm³/mol. The Balaban J connectivity index is 2.10. The topological polar surface area (TPSA) is 75.6 Å². The van der Waals surface area contributed by atoms with Crippen molar-refractivity contribution in [2.24, 2.45) is 5.92 Å². The van der Waals surface area contributed by atoms with Crippen molar-refractivity contribution in [1.29, 1.82) is 0 Å². The number of ether oxygens (including phenoxy) is 1. The van der Waals surface area contributed by atoms with Crippen molar-refractivity contribution in [1.82, 2.24) is 4.72 Å². The molecule has 5 nitrogen and oxygen atoms in total. The molecule has 0 radical (unpaired) electrons. The van der Waals surface area contributed by atoms with Gasteiger partial charge >= 0.3 is 0 Å². The van der Waals surface area contributed by atoms with Crippen molar-refractivity contribution < 1.29 is 22.7 Å². The van der Waals surface area contributed by atoms with Gasteiger partial charge in [-0.25, -0.2) is 17.5 Å². The van der Waals surface area contributed by atoms with Crippen LogP contribution in [0.25, 0.3) is 0 Å². The summed E-state index contributed by atoms with van der Waals surface area (Å²) < 4.78 is 45.3. The maximum Gasteiger partial charge on any atom is 0.240 e. The van der Waals surface area contributed by atoms with Crippen molar-refractivity contribution in [3.8, 4) is 5.75 Å². The smallest absolute Gasteiger partial charge is 0.240 e. The lowest BCUT2D eigenvalue weighted by atomic mass is 10.0. The molecule has 0 aliphatic heterocycles. The summed E-state index contributed by atoms with van der Waals surface area (Å²) in [5.41, 5.74) is -1.07. The van der Waals surface area contributed by atoms with Crippen LogP contribution < -0.4 is 9.46 Å². The molecule has 0 bridgehead atoms. The molecule has 0 unspecified atom stereocenters. The first-order valence-electron chi connectivity index (χ1n) is 6.90. The Morgan fingerprint density at radius 3 is 2.67 bits per heavy atom. The lowest BCUT2D eigenvalue weighted by molar-refractivity contribution is 0.0422. The molecular weight excluding hydrogens is 297 g/mol. The van der Waals surface area contributed by atoms with E-state index >= 15 is 0 Å². The van der Waals surface area contributed by atoms with Crippen LogP contribution in [0.15, 0.2) is 23.1 Å². The summed E-state index contributed by atoms with van der Waals surface area (Å²) in [7, 11) is -3.86. The molecule has 0 saturated heterocycles. The SMILES string of the molecule is CCOc1ccc(S(=O)(=O)NC[C@](C)(O)C2CC2)cc1F. The second kappa shape index (κ2) is 5.90. The van der Waals surface area contributed by atoms with Crippen molar-refractivity contribution in [2.45, 2.75) is 37.2 Å². The maximum absolute atomic E-state index is 13.7. The van der Waals surface area contributed by atoms with Gasteiger partial charge in [0.1, 0.15) is 0 Å². The molecule has 7 heteroatoms. The van der Waals surface area contributed by atoms with Gasteiger partial charge in [0, 0.05) is 6.54 Å². The Morgan fingerprint density at radius 2 is 2.14 bits per heavy atom. The van der Waals surface area contributed by atoms with Crippen LogP contribution in [-0.4, -0.2) is 32.3 Å². The van der Waals surface area contributed by atoms with Crippen LogP contribution >= 0.6 is 0 Å². The van der Waals surface area contributed by atoms with Gasteiger partial charge < -0.3 is 9.84 Å². The highest BCUT2D eigenvalue weighted by Gasteiger charge is 2.40. The van der Waals surface area contributed by atoms with Crippen LogP contribution in [0.2, 0.25) is 0 Å². The van der Waals surface area contributed by atoms with Crippen LogP contribution in [0.4, 0.5) is 4.39 Å². The second-order valence-electron chi connectivity index (χ2n) is 5.48. The van der Waals surface area contributed by atoms with E-state index in [9.17, 15) is 17.9 Å². The second-order valence-corrected chi connectivity index (χ2v) is 7.25. The fraction of sp³-hybridized carbons (Fsp3) is 0.571. The summed E-state index contributed by atoms with van der Waals surface area (Å²) >= 11 is 0. The molecule has 2 N–H and O–H groups in total. The van der Waals surface area contributed by atoms with E-state index in [-0.39, 0.29) is 23.1 Å². The minimum Gasteiger partial charge on any atom is -0.491 e. The zero-order valence-corrected chi connectivity index (χ0v) is 12.9. The van der Waals surface area contributed by atoms with E-state index in [1.54, 1.807) is 13.8 Å². The summed E-state index contributed by atoms with van der Waals surface area (Å²) in [4.78, 5) is -0.185. The molecule has 21 heavy (non-hydrogen) atoms. The van der Waals surface area contributed by atoms with Gasteiger partial charge in [-0.05, 0) is 50.8 Å². The fourth-order valence-corrected chi connectivity index (χ4v) is 3.25. The first-order chi connectivity index (χ1) is 9.76. The molecule has 1 saturated carbocycles. The first kappa shape index (κ1) is 16.2. The molecule has 2 rings (SSSR count). The molecule has 0 amide bonds. The Kier molecular flexibility index (Phi) is 4.55. The molecule has 118 valence electrons. The standard InChI is InChI=1S/C14H20FNO4S/c1-3-20-13-7-6-11(8-12(13)15)21(18,19)16-9-14(2,17)10-4-5-10/h6-8,10,16-17H,3-5,9H2,1-2H3/t14-/m0/s1. The van der Waals surface area contributed by atoms with E-state index in [1.165, 1.54) is 12.1 Å². The lowest BCUT2D eigenvalue weighted by Crippen LogP contribution is -2.42. The number of rotatable bonds is 7. The number of sulfonamides is 1.